The molecule has 2 saturated heterocycles. The van der Waals surface area contributed by atoms with Gasteiger partial charge in [0.25, 0.3) is 0 Å². The minimum atomic E-state index is -0.368. The van der Waals surface area contributed by atoms with Gasteiger partial charge in [-0.15, -0.1) is 0 Å². The van der Waals surface area contributed by atoms with Gasteiger partial charge in [0, 0.05) is 0 Å². The van der Waals surface area contributed by atoms with Crippen molar-refractivity contribution in [2.75, 3.05) is 13.6 Å². The summed E-state index contributed by atoms with van der Waals surface area (Å²) in [7, 11) is -0.736. The molecular formula is C4H4B2O4. The first kappa shape index (κ1) is 6.25. The summed E-state index contributed by atoms with van der Waals surface area (Å²) < 4.78 is 19.4. The highest BCUT2D eigenvalue weighted by Gasteiger charge is 2.28. The Morgan fingerprint density at radius 3 is 1.40 bits per heavy atom. The molecule has 0 unspecified atom stereocenters. The molecule has 50 valence electrons. The Morgan fingerprint density at radius 1 is 0.800 bits per heavy atom. The Bertz CT molecular complexity index is 159. The second-order valence-electron chi connectivity index (χ2n) is 1.85. The third-order valence-corrected chi connectivity index (χ3v) is 1.20. The van der Waals surface area contributed by atoms with Crippen molar-refractivity contribution in [1.29, 1.82) is 0 Å². The van der Waals surface area contributed by atoms with Gasteiger partial charge in [-0.3, -0.25) is 0 Å². The summed E-state index contributed by atoms with van der Waals surface area (Å²) in [4.78, 5) is 0. The molecule has 0 saturated carbocycles. The van der Waals surface area contributed by atoms with Crippen LogP contribution in [0, 0.1) is 11.6 Å². The molecular weight excluding hydrogens is 134 g/mol. The predicted octanol–water partition coefficient (Wildman–Crippen LogP) is -0.947. The minimum absolute atomic E-state index is 0.339. The van der Waals surface area contributed by atoms with Crippen LogP contribution in [-0.4, -0.2) is 27.8 Å². The van der Waals surface area contributed by atoms with E-state index in [-0.39, 0.29) is 14.2 Å². The van der Waals surface area contributed by atoms with Gasteiger partial charge >= 0.3 is 14.2 Å². The Kier molecular flexibility index (Phi) is 1.65. The third-order valence-electron chi connectivity index (χ3n) is 1.20. The number of hydrogen-bond acceptors (Lipinski definition) is 4. The molecule has 0 N–H and O–H groups in total. The Morgan fingerprint density at radius 2 is 1.20 bits per heavy atom. The van der Waals surface area contributed by atoms with E-state index in [4.69, 9.17) is 18.6 Å². The first-order chi connectivity index (χ1) is 4.95. The fourth-order valence-electron chi connectivity index (χ4n) is 0.575. The quantitative estimate of drug-likeness (QED) is 0.319. The highest BCUT2D eigenvalue weighted by molar-refractivity contribution is 6.62. The second-order valence-corrected chi connectivity index (χ2v) is 1.85. The van der Waals surface area contributed by atoms with Crippen LogP contribution in [0.25, 0.3) is 0 Å². The minimum Gasteiger partial charge on any atom is -0.378 e. The molecule has 0 atom stereocenters. The Balaban J connectivity index is 1.77. The van der Waals surface area contributed by atoms with Gasteiger partial charge in [-0.2, -0.15) is 0 Å². The van der Waals surface area contributed by atoms with Crippen molar-refractivity contribution in [3.05, 3.63) is 0 Å². The van der Waals surface area contributed by atoms with E-state index in [0.717, 1.165) is 0 Å². The molecule has 2 heterocycles. The second kappa shape index (κ2) is 2.64. The van der Waals surface area contributed by atoms with Crippen LogP contribution in [0.2, 0.25) is 0 Å². The molecule has 0 aliphatic carbocycles. The lowest BCUT2D eigenvalue weighted by molar-refractivity contribution is -0.00556. The normalized spacial score (nSPS) is 22.4. The molecule has 0 amide bonds. The fraction of sp³-hybridized carbons (Fsp3) is 0.500. The summed E-state index contributed by atoms with van der Waals surface area (Å²) in [6.07, 6.45) is 0. The zero-order valence-corrected chi connectivity index (χ0v) is 5.20. The maximum atomic E-state index is 4.84. The maximum absolute atomic E-state index is 4.84. The zero-order chi connectivity index (χ0) is 6.81. The lowest BCUT2D eigenvalue weighted by Crippen LogP contribution is -2.38. The molecule has 2 rings (SSSR count). The van der Waals surface area contributed by atoms with E-state index in [1.54, 1.807) is 0 Å². The summed E-state index contributed by atoms with van der Waals surface area (Å²) in [5.41, 5.74) is 0. The monoisotopic (exact) mass is 138 g/mol. The Labute approximate surface area is 59.1 Å². The van der Waals surface area contributed by atoms with Crippen molar-refractivity contribution in [2.24, 2.45) is 0 Å². The summed E-state index contributed by atoms with van der Waals surface area (Å²) in [6, 6.07) is 0. The van der Waals surface area contributed by atoms with E-state index < -0.39 is 0 Å². The van der Waals surface area contributed by atoms with E-state index in [0.29, 0.717) is 13.6 Å². The fourth-order valence-corrected chi connectivity index (χ4v) is 0.575. The van der Waals surface area contributed by atoms with Crippen molar-refractivity contribution in [1.82, 2.24) is 0 Å². The molecule has 10 heavy (non-hydrogen) atoms. The maximum Gasteiger partial charge on any atom is 0.552 e. The lowest BCUT2D eigenvalue weighted by Gasteiger charge is -2.19. The van der Waals surface area contributed by atoms with Crippen LogP contribution in [0.4, 0.5) is 0 Å². The lowest BCUT2D eigenvalue weighted by atomic mass is 9.82. The molecule has 2 aliphatic rings. The summed E-state index contributed by atoms with van der Waals surface area (Å²) >= 11 is 0. The molecule has 0 aromatic carbocycles. The molecule has 0 aromatic rings. The van der Waals surface area contributed by atoms with Crippen LogP contribution in [0.1, 0.15) is 0 Å². The Hall–Kier alpha value is -0.470. The summed E-state index contributed by atoms with van der Waals surface area (Å²) in [5.74, 6) is 5.35. The van der Waals surface area contributed by atoms with E-state index in [2.05, 4.69) is 11.6 Å². The van der Waals surface area contributed by atoms with Gasteiger partial charge in [0.05, 0.1) is 0 Å². The van der Waals surface area contributed by atoms with Gasteiger partial charge in [0.1, 0.15) is 13.6 Å². The largest absolute Gasteiger partial charge is 0.552 e. The highest BCUT2D eigenvalue weighted by Crippen LogP contribution is 2.02. The van der Waals surface area contributed by atoms with Crippen LogP contribution < -0.4 is 0 Å². The molecule has 0 aromatic heterocycles. The smallest absolute Gasteiger partial charge is 0.378 e. The van der Waals surface area contributed by atoms with Crippen molar-refractivity contribution < 1.29 is 18.6 Å². The van der Waals surface area contributed by atoms with Crippen molar-refractivity contribution in [3.8, 4) is 11.6 Å². The van der Waals surface area contributed by atoms with Gasteiger partial charge in [0.15, 0.2) is 0 Å². The van der Waals surface area contributed by atoms with Gasteiger partial charge in [0.2, 0.25) is 0 Å². The van der Waals surface area contributed by atoms with Gasteiger partial charge in [-0.05, 0) is 0 Å². The average Bonchev–Trinajstić information content (AvgIpc) is 1.70. The van der Waals surface area contributed by atoms with Crippen LogP contribution in [0.15, 0.2) is 0 Å². The molecule has 0 radical (unpaired) electrons. The SMILES string of the molecule is C(#CB1OCO1)B1OCO1. The van der Waals surface area contributed by atoms with Crippen LogP contribution in [-0.2, 0) is 18.6 Å². The van der Waals surface area contributed by atoms with E-state index in [1.165, 1.54) is 0 Å². The zero-order valence-electron chi connectivity index (χ0n) is 5.20. The average molecular weight is 138 g/mol. The molecule has 0 bridgehead atoms. The van der Waals surface area contributed by atoms with Crippen molar-refractivity contribution in [3.63, 3.8) is 0 Å². The number of hydrogen-bond donors (Lipinski definition) is 0. The highest BCUT2D eigenvalue weighted by atomic mass is 16.8. The summed E-state index contributed by atoms with van der Waals surface area (Å²) in [6.45, 7) is 0.678. The van der Waals surface area contributed by atoms with E-state index >= 15 is 0 Å². The number of rotatable bonds is 0. The molecule has 2 aliphatic heterocycles. The van der Waals surface area contributed by atoms with E-state index in [9.17, 15) is 0 Å². The van der Waals surface area contributed by atoms with Crippen LogP contribution in [0.5, 0.6) is 0 Å². The molecule has 6 heteroatoms. The van der Waals surface area contributed by atoms with Crippen molar-refractivity contribution >= 4 is 14.2 Å². The topological polar surface area (TPSA) is 36.9 Å². The van der Waals surface area contributed by atoms with Crippen molar-refractivity contribution in [2.45, 2.75) is 0 Å². The van der Waals surface area contributed by atoms with Crippen LogP contribution >= 0.6 is 0 Å². The van der Waals surface area contributed by atoms with Gasteiger partial charge < -0.3 is 18.6 Å². The first-order valence-electron chi connectivity index (χ1n) is 2.92. The standard InChI is InChI=1S/C4H4B2O4/c1(5-7-3-8-5)2-6-9-4-10-6/h3-4H2. The molecule has 4 nitrogen and oxygen atoms in total. The first-order valence-corrected chi connectivity index (χ1v) is 2.92. The van der Waals surface area contributed by atoms with E-state index in [1.807, 2.05) is 0 Å². The van der Waals surface area contributed by atoms with Gasteiger partial charge in [-0.25, -0.2) is 0 Å². The predicted molar refractivity (Wildman–Crippen MR) is 33.4 cm³/mol. The van der Waals surface area contributed by atoms with Gasteiger partial charge in [-0.1, -0.05) is 11.6 Å². The molecule has 2 fully saturated rings. The van der Waals surface area contributed by atoms with Crippen LogP contribution in [0.3, 0.4) is 0 Å². The summed E-state index contributed by atoms with van der Waals surface area (Å²) in [5, 5.41) is 0. The third kappa shape index (κ3) is 1.18. The molecule has 0 spiro atoms.